The van der Waals surface area contributed by atoms with Crippen molar-refractivity contribution < 1.29 is 19.1 Å². The fraction of sp³-hybridized carbons (Fsp3) is 0.529. The largest absolute Gasteiger partial charge is 0.462 e. The summed E-state index contributed by atoms with van der Waals surface area (Å²) in [5.74, 6) is -1.11. The molecule has 0 atom stereocenters. The van der Waals surface area contributed by atoms with Crippen LogP contribution in [0.3, 0.4) is 0 Å². The molecule has 0 aromatic heterocycles. The van der Waals surface area contributed by atoms with Crippen molar-refractivity contribution in [2.75, 3.05) is 13.2 Å². The molecule has 1 rings (SSSR count). The standard InChI is InChI=1S/C17H23ClO4/c1-6-11-8-12(16(20)22-10-17(3,4)5)13(9-14(11)18)15(19)21-7-2/h8-9H,6-7,10H2,1-5H3. The molecule has 4 nitrogen and oxygen atoms in total. The average molecular weight is 327 g/mol. The first-order valence-electron chi connectivity index (χ1n) is 7.36. The molecule has 0 fully saturated rings. The van der Waals surface area contributed by atoms with Crippen LogP contribution < -0.4 is 0 Å². The molecule has 0 aliphatic carbocycles. The molecule has 5 heteroatoms. The Morgan fingerprint density at radius 1 is 1.05 bits per heavy atom. The van der Waals surface area contributed by atoms with Gasteiger partial charge in [0, 0.05) is 5.02 Å². The van der Waals surface area contributed by atoms with Crippen molar-refractivity contribution >= 4 is 23.5 Å². The Balaban J connectivity index is 3.18. The Hall–Kier alpha value is -1.55. The predicted molar refractivity (Wildman–Crippen MR) is 86.5 cm³/mol. The van der Waals surface area contributed by atoms with Crippen LogP contribution in [0.2, 0.25) is 5.02 Å². The van der Waals surface area contributed by atoms with Gasteiger partial charge in [0.15, 0.2) is 0 Å². The Morgan fingerprint density at radius 3 is 2.09 bits per heavy atom. The summed E-state index contributed by atoms with van der Waals surface area (Å²) in [6.45, 7) is 10.0. The highest BCUT2D eigenvalue weighted by molar-refractivity contribution is 6.32. The van der Waals surface area contributed by atoms with Gasteiger partial charge in [-0.3, -0.25) is 0 Å². The summed E-state index contributed by atoms with van der Waals surface area (Å²) < 4.78 is 10.3. The monoisotopic (exact) mass is 326 g/mol. The number of benzene rings is 1. The highest BCUT2D eigenvalue weighted by atomic mass is 35.5. The van der Waals surface area contributed by atoms with Crippen molar-refractivity contribution in [1.82, 2.24) is 0 Å². The van der Waals surface area contributed by atoms with Gasteiger partial charge in [0.25, 0.3) is 0 Å². The van der Waals surface area contributed by atoms with Crippen LogP contribution in [0.1, 0.15) is 60.9 Å². The van der Waals surface area contributed by atoms with Gasteiger partial charge in [-0.15, -0.1) is 0 Å². The third-order valence-corrected chi connectivity index (χ3v) is 3.27. The lowest BCUT2D eigenvalue weighted by molar-refractivity contribution is 0.0354. The third kappa shape index (κ3) is 5.02. The minimum absolute atomic E-state index is 0.142. The molecule has 0 unspecified atom stereocenters. The van der Waals surface area contributed by atoms with Crippen molar-refractivity contribution in [1.29, 1.82) is 0 Å². The van der Waals surface area contributed by atoms with E-state index in [1.54, 1.807) is 13.0 Å². The van der Waals surface area contributed by atoms with E-state index in [1.807, 2.05) is 27.7 Å². The van der Waals surface area contributed by atoms with E-state index in [0.29, 0.717) is 11.4 Å². The highest BCUT2D eigenvalue weighted by Gasteiger charge is 2.23. The van der Waals surface area contributed by atoms with Crippen LogP contribution in [0.25, 0.3) is 0 Å². The second kappa shape index (κ2) is 7.63. The number of esters is 2. The Kier molecular flexibility index (Phi) is 6.42. The van der Waals surface area contributed by atoms with E-state index in [0.717, 1.165) is 5.56 Å². The normalized spacial score (nSPS) is 11.2. The number of hydrogen-bond donors (Lipinski definition) is 0. The molecule has 1 aromatic rings. The van der Waals surface area contributed by atoms with E-state index in [1.165, 1.54) is 6.07 Å². The lowest BCUT2D eigenvalue weighted by Crippen LogP contribution is -2.20. The number of rotatable bonds is 5. The number of carbonyl (C=O) groups excluding carboxylic acids is 2. The average Bonchev–Trinajstić information content (AvgIpc) is 2.43. The van der Waals surface area contributed by atoms with Gasteiger partial charge in [-0.1, -0.05) is 39.3 Å². The van der Waals surface area contributed by atoms with Gasteiger partial charge in [-0.2, -0.15) is 0 Å². The molecule has 0 amide bonds. The third-order valence-electron chi connectivity index (χ3n) is 2.92. The van der Waals surface area contributed by atoms with E-state index in [-0.39, 0.29) is 29.8 Å². The van der Waals surface area contributed by atoms with Gasteiger partial charge in [0.1, 0.15) is 0 Å². The molecule has 0 aliphatic heterocycles. The summed E-state index contributed by atoms with van der Waals surface area (Å²) in [6.07, 6.45) is 0.654. The quantitative estimate of drug-likeness (QED) is 0.758. The van der Waals surface area contributed by atoms with Gasteiger partial charge < -0.3 is 9.47 Å². The van der Waals surface area contributed by atoms with E-state index in [9.17, 15) is 9.59 Å². The SMILES string of the molecule is CCOC(=O)c1cc(Cl)c(CC)cc1C(=O)OCC(C)(C)C. The highest BCUT2D eigenvalue weighted by Crippen LogP contribution is 2.24. The van der Waals surface area contributed by atoms with Crippen LogP contribution >= 0.6 is 11.6 Å². The Morgan fingerprint density at radius 2 is 1.59 bits per heavy atom. The lowest BCUT2D eigenvalue weighted by atomic mass is 9.98. The maximum atomic E-state index is 12.3. The fourth-order valence-corrected chi connectivity index (χ4v) is 2.09. The van der Waals surface area contributed by atoms with E-state index >= 15 is 0 Å². The van der Waals surface area contributed by atoms with Crippen LogP contribution in [0.4, 0.5) is 0 Å². The molecule has 0 saturated heterocycles. The van der Waals surface area contributed by atoms with Crippen molar-refractivity contribution in [3.8, 4) is 0 Å². The molecule has 1 aromatic carbocycles. The number of halogens is 1. The zero-order chi connectivity index (χ0) is 16.9. The molecule has 0 spiro atoms. The molecule has 0 bridgehead atoms. The Labute approximate surface area is 136 Å². The lowest BCUT2D eigenvalue weighted by Gasteiger charge is -2.19. The summed E-state index contributed by atoms with van der Waals surface area (Å²) in [4.78, 5) is 24.4. The topological polar surface area (TPSA) is 52.6 Å². The minimum atomic E-state index is -0.574. The first kappa shape index (κ1) is 18.5. The molecular weight excluding hydrogens is 304 g/mol. The maximum absolute atomic E-state index is 12.3. The fourth-order valence-electron chi connectivity index (χ4n) is 1.80. The predicted octanol–water partition coefficient (Wildman–Crippen LogP) is 4.28. The number of ether oxygens (including phenoxy) is 2. The van der Waals surface area contributed by atoms with Gasteiger partial charge >= 0.3 is 11.9 Å². The molecule has 0 radical (unpaired) electrons. The first-order chi connectivity index (χ1) is 10.2. The zero-order valence-electron chi connectivity index (χ0n) is 13.8. The van der Waals surface area contributed by atoms with Crippen molar-refractivity contribution in [2.24, 2.45) is 5.41 Å². The maximum Gasteiger partial charge on any atom is 0.339 e. The summed E-state index contributed by atoms with van der Waals surface area (Å²) in [5, 5.41) is 0.443. The van der Waals surface area contributed by atoms with Gasteiger partial charge in [-0.05, 0) is 36.5 Å². The molecular formula is C17H23ClO4. The Bertz CT molecular complexity index is 559. The second-order valence-corrected chi connectivity index (χ2v) is 6.61. The summed E-state index contributed by atoms with van der Waals surface area (Å²) >= 11 is 6.14. The van der Waals surface area contributed by atoms with Gasteiger partial charge in [0.05, 0.1) is 24.3 Å². The second-order valence-electron chi connectivity index (χ2n) is 6.20. The summed E-state index contributed by atoms with van der Waals surface area (Å²) in [5.41, 5.74) is 0.976. The van der Waals surface area contributed by atoms with Crippen molar-refractivity contribution in [2.45, 2.75) is 41.0 Å². The number of hydrogen-bond acceptors (Lipinski definition) is 4. The van der Waals surface area contributed by atoms with Crippen LogP contribution in [0.5, 0.6) is 0 Å². The van der Waals surface area contributed by atoms with Gasteiger partial charge in [-0.25, -0.2) is 9.59 Å². The number of carbonyl (C=O) groups is 2. The summed E-state index contributed by atoms with van der Waals surface area (Å²) in [7, 11) is 0. The molecule has 0 N–H and O–H groups in total. The van der Waals surface area contributed by atoms with Crippen molar-refractivity contribution in [3.63, 3.8) is 0 Å². The first-order valence-corrected chi connectivity index (χ1v) is 7.74. The van der Waals surface area contributed by atoms with Crippen LogP contribution in [0.15, 0.2) is 12.1 Å². The van der Waals surface area contributed by atoms with Crippen LogP contribution in [-0.2, 0) is 15.9 Å². The minimum Gasteiger partial charge on any atom is -0.462 e. The van der Waals surface area contributed by atoms with E-state index in [4.69, 9.17) is 21.1 Å². The van der Waals surface area contributed by atoms with Gasteiger partial charge in [0.2, 0.25) is 0 Å². The molecule has 0 saturated carbocycles. The van der Waals surface area contributed by atoms with E-state index in [2.05, 4.69) is 0 Å². The van der Waals surface area contributed by atoms with E-state index < -0.39 is 11.9 Å². The molecule has 0 heterocycles. The molecule has 122 valence electrons. The molecule has 22 heavy (non-hydrogen) atoms. The smallest absolute Gasteiger partial charge is 0.339 e. The van der Waals surface area contributed by atoms with Crippen molar-refractivity contribution in [3.05, 3.63) is 33.8 Å². The van der Waals surface area contributed by atoms with Crippen LogP contribution in [0, 0.1) is 5.41 Å². The number of aryl methyl sites for hydroxylation is 1. The summed E-state index contributed by atoms with van der Waals surface area (Å²) in [6, 6.07) is 3.09. The zero-order valence-corrected chi connectivity index (χ0v) is 14.5. The van der Waals surface area contributed by atoms with Crippen LogP contribution in [-0.4, -0.2) is 25.2 Å². The molecule has 0 aliphatic rings.